The maximum absolute atomic E-state index is 13.4. The second kappa shape index (κ2) is 5.73. The summed E-state index contributed by atoms with van der Waals surface area (Å²) < 4.78 is 19.0. The largest absolute Gasteiger partial charge is 0.487 e. The third kappa shape index (κ3) is 3.24. The molecule has 1 aliphatic heterocycles. The van der Waals surface area contributed by atoms with Gasteiger partial charge >= 0.3 is 0 Å². The first-order valence-corrected chi connectivity index (χ1v) is 7.84. The number of nitrogens with zero attached hydrogens (tertiary/aromatic N) is 2. The van der Waals surface area contributed by atoms with Crippen molar-refractivity contribution in [3.8, 4) is 11.8 Å². The Balaban J connectivity index is 1.73. The van der Waals surface area contributed by atoms with Gasteiger partial charge in [0.25, 0.3) is 0 Å². The van der Waals surface area contributed by atoms with Gasteiger partial charge in [-0.2, -0.15) is 5.26 Å². The molecule has 2 aliphatic rings. The first-order valence-electron chi connectivity index (χ1n) is 7.84. The zero-order chi connectivity index (χ0) is 16.6. The number of hydrogen-bond donors (Lipinski definition) is 1. The molecule has 0 saturated heterocycles. The molecule has 23 heavy (non-hydrogen) atoms. The number of halogens is 1. The van der Waals surface area contributed by atoms with Crippen LogP contribution in [0.15, 0.2) is 18.2 Å². The molecule has 1 saturated carbocycles. The summed E-state index contributed by atoms with van der Waals surface area (Å²) >= 11 is 0. The number of nitrogens with one attached hydrogen (secondary N) is 1. The molecule has 1 aromatic rings. The Labute approximate surface area is 135 Å². The van der Waals surface area contributed by atoms with Gasteiger partial charge in [-0.3, -0.25) is 4.79 Å². The molecule has 1 aliphatic carbocycles. The molecule has 1 fully saturated rings. The number of carbonyl (C=O) groups excluding carboxylic acids is 1. The SMILES string of the molecule is C[C@H]1CN(CC(=O)N[C@@](C)(C#N)C2CC2)c2ccc(F)cc2O1. The van der Waals surface area contributed by atoms with Crippen LogP contribution in [0.2, 0.25) is 0 Å². The highest BCUT2D eigenvalue weighted by Crippen LogP contribution is 2.39. The number of anilines is 1. The average Bonchev–Trinajstić information content (AvgIpc) is 3.31. The molecule has 2 atom stereocenters. The molecule has 5 nitrogen and oxygen atoms in total. The number of hydrogen-bond acceptors (Lipinski definition) is 4. The van der Waals surface area contributed by atoms with E-state index in [1.54, 1.807) is 13.0 Å². The van der Waals surface area contributed by atoms with Crippen LogP contribution in [0.4, 0.5) is 10.1 Å². The molecular formula is C17H20FN3O2. The Morgan fingerprint density at radius 2 is 2.30 bits per heavy atom. The molecule has 3 rings (SSSR count). The van der Waals surface area contributed by atoms with Crippen LogP contribution in [0.3, 0.4) is 0 Å². The van der Waals surface area contributed by atoms with E-state index in [2.05, 4.69) is 11.4 Å². The van der Waals surface area contributed by atoms with Crippen molar-refractivity contribution in [2.24, 2.45) is 5.92 Å². The molecular weight excluding hydrogens is 297 g/mol. The van der Waals surface area contributed by atoms with Crippen molar-refractivity contribution in [2.45, 2.75) is 38.3 Å². The summed E-state index contributed by atoms with van der Waals surface area (Å²) in [5, 5.41) is 12.2. The third-order valence-electron chi connectivity index (χ3n) is 4.43. The molecule has 0 radical (unpaired) electrons. The van der Waals surface area contributed by atoms with E-state index in [-0.39, 0.29) is 30.3 Å². The lowest BCUT2D eigenvalue weighted by Gasteiger charge is -2.35. The molecule has 0 unspecified atom stereocenters. The maximum atomic E-state index is 13.4. The van der Waals surface area contributed by atoms with Crippen LogP contribution < -0.4 is 15.0 Å². The van der Waals surface area contributed by atoms with Gasteiger partial charge in [0.2, 0.25) is 5.91 Å². The van der Waals surface area contributed by atoms with E-state index in [0.29, 0.717) is 18.0 Å². The minimum Gasteiger partial charge on any atom is -0.487 e. The van der Waals surface area contributed by atoms with Gasteiger partial charge in [-0.05, 0) is 44.7 Å². The lowest BCUT2D eigenvalue weighted by molar-refractivity contribution is -0.121. The van der Waals surface area contributed by atoms with Crippen molar-refractivity contribution in [2.75, 3.05) is 18.0 Å². The number of ether oxygens (including phenoxy) is 1. The van der Waals surface area contributed by atoms with E-state index in [1.165, 1.54) is 12.1 Å². The van der Waals surface area contributed by atoms with E-state index in [9.17, 15) is 14.4 Å². The van der Waals surface area contributed by atoms with Crippen molar-refractivity contribution in [1.82, 2.24) is 5.32 Å². The predicted molar refractivity (Wildman–Crippen MR) is 83.6 cm³/mol. The first kappa shape index (κ1) is 15.6. The number of carbonyl (C=O) groups is 1. The molecule has 1 amide bonds. The van der Waals surface area contributed by atoms with Gasteiger partial charge in [0, 0.05) is 6.07 Å². The fourth-order valence-corrected chi connectivity index (χ4v) is 3.04. The van der Waals surface area contributed by atoms with E-state index in [4.69, 9.17) is 4.74 Å². The van der Waals surface area contributed by atoms with E-state index in [0.717, 1.165) is 12.8 Å². The number of nitriles is 1. The lowest BCUT2D eigenvalue weighted by atomic mass is 9.98. The van der Waals surface area contributed by atoms with Crippen LogP contribution >= 0.6 is 0 Å². The van der Waals surface area contributed by atoms with Gasteiger partial charge in [0.1, 0.15) is 23.2 Å². The maximum Gasteiger partial charge on any atom is 0.240 e. The highest BCUT2D eigenvalue weighted by molar-refractivity contribution is 5.83. The Morgan fingerprint density at radius 1 is 1.57 bits per heavy atom. The van der Waals surface area contributed by atoms with Gasteiger partial charge in [-0.15, -0.1) is 0 Å². The van der Waals surface area contributed by atoms with Gasteiger partial charge in [-0.25, -0.2) is 4.39 Å². The average molecular weight is 317 g/mol. The van der Waals surface area contributed by atoms with E-state index in [1.807, 2.05) is 11.8 Å². The zero-order valence-electron chi connectivity index (χ0n) is 13.3. The highest BCUT2D eigenvalue weighted by Gasteiger charge is 2.43. The Bertz CT molecular complexity index is 668. The molecule has 0 aromatic heterocycles. The zero-order valence-corrected chi connectivity index (χ0v) is 13.3. The van der Waals surface area contributed by atoms with Crippen molar-refractivity contribution in [3.63, 3.8) is 0 Å². The topological polar surface area (TPSA) is 65.4 Å². The Hall–Kier alpha value is -2.29. The van der Waals surface area contributed by atoms with Gasteiger partial charge in [0.15, 0.2) is 0 Å². The van der Waals surface area contributed by atoms with E-state index < -0.39 is 5.54 Å². The normalized spacial score (nSPS) is 22.3. The van der Waals surface area contributed by atoms with Crippen LogP contribution in [0.25, 0.3) is 0 Å². The Morgan fingerprint density at radius 3 is 2.96 bits per heavy atom. The number of benzene rings is 1. The van der Waals surface area contributed by atoms with Gasteiger partial charge in [0.05, 0.1) is 24.8 Å². The minimum absolute atomic E-state index is 0.121. The Kier molecular flexibility index (Phi) is 3.88. The summed E-state index contributed by atoms with van der Waals surface area (Å²) in [5.74, 6) is 0.113. The standard InChI is InChI=1S/C17H20FN3O2/c1-11-8-21(14-6-5-13(18)7-15(14)23-11)9-16(22)20-17(2,10-19)12-3-4-12/h5-7,11-12H,3-4,8-9H2,1-2H3,(H,20,22)/t11-,17-/m0/s1. The van der Waals surface area contributed by atoms with Crippen LogP contribution in [-0.2, 0) is 4.79 Å². The number of fused-ring (bicyclic) bond motifs is 1. The second-order valence-corrected chi connectivity index (χ2v) is 6.56. The molecule has 0 spiro atoms. The third-order valence-corrected chi connectivity index (χ3v) is 4.43. The fraction of sp³-hybridized carbons (Fsp3) is 0.529. The molecule has 6 heteroatoms. The van der Waals surface area contributed by atoms with E-state index >= 15 is 0 Å². The molecule has 1 N–H and O–H groups in total. The quantitative estimate of drug-likeness (QED) is 0.925. The summed E-state index contributed by atoms with van der Waals surface area (Å²) in [4.78, 5) is 14.2. The summed E-state index contributed by atoms with van der Waals surface area (Å²) in [7, 11) is 0. The van der Waals surface area contributed by atoms with Gasteiger partial charge < -0.3 is 15.0 Å². The van der Waals surface area contributed by atoms with Crippen molar-refractivity contribution in [3.05, 3.63) is 24.0 Å². The predicted octanol–water partition coefficient (Wildman–Crippen LogP) is 2.22. The number of amides is 1. The smallest absolute Gasteiger partial charge is 0.240 e. The van der Waals surface area contributed by atoms with Gasteiger partial charge in [-0.1, -0.05) is 0 Å². The van der Waals surface area contributed by atoms with Crippen molar-refractivity contribution < 1.29 is 13.9 Å². The number of rotatable bonds is 4. The highest BCUT2D eigenvalue weighted by atomic mass is 19.1. The summed E-state index contributed by atoms with van der Waals surface area (Å²) in [6.07, 6.45) is 1.81. The fourth-order valence-electron chi connectivity index (χ4n) is 3.04. The second-order valence-electron chi connectivity index (χ2n) is 6.56. The van der Waals surface area contributed by atoms with Crippen LogP contribution in [0.1, 0.15) is 26.7 Å². The van der Waals surface area contributed by atoms with Crippen LogP contribution in [0.5, 0.6) is 5.75 Å². The van der Waals surface area contributed by atoms with Crippen molar-refractivity contribution in [1.29, 1.82) is 5.26 Å². The van der Waals surface area contributed by atoms with Crippen LogP contribution in [0, 0.1) is 23.1 Å². The van der Waals surface area contributed by atoms with Crippen molar-refractivity contribution >= 4 is 11.6 Å². The first-order chi connectivity index (χ1) is 10.9. The molecule has 0 bridgehead atoms. The van der Waals surface area contributed by atoms with Crippen LogP contribution in [-0.4, -0.2) is 30.6 Å². The monoisotopic (exact) mass is 317 g/mol. The molecule has 122 valence electrons. The minimum atomic E-state index is -0.805. The molecule has 1 heterocycles. The summed E-state index contributed by atoms with van der Waals surface area (Å²) in [6.45, 7) is 4.31. The molecule has 1 aromatic carbocycles. The summed E-state index contributed by atoms with van der Waals surface area (Å²) in [5.41, 5.74) is -0.106. The lowest BCUT2D eigenvalue weighted by Crippen LogP contribution is -2.51. The summed E-state index contributed by atoms with van der Waals surface area (Å²) in [6, 6.07) is 6.53.